The molecule has 0 radical (unpaired) electrons. The van der Waals surface area contributed by atoms with Crippen molar-refractivity contribution >= 4 is 35.0 Å². The van der Waals surface area contributed by atoms with Crippen LogP contribution in [-0.4, -0.2) is 37.0 Å². The molecule has 0 saturated carbocycles. The summed E-state index contributed by atoms with van der Waals surface area (Å²) in [5, 5.41) is 2.86. The van der Waals surface area contributed by atoms with Gasteiger partial charge in [-0.1, -0.05) is 42.5 Å². The third kappa shape index (κ3) is 8.23. The summed E-state index contributed by atoms with van der Waals surface area (Å²) in [6.07, 6.45) is 2.36. The van der Waals surface area contributed by atoms with Gasteiger partial charge in [0, 0.05) is 30.4 Å². The molecule has 44 heavy (non-hydrogen) atoms. The molecule has 0 aromatic heterocycles. The minimum Gasteiger partial charge on any atom is -0.467 e. The van der Waals surface area contributed by atoms with Crippen molar-refractivity contribution in [2.24, 2.45) is 0 Å². The lowest BCUT2D eigenvalue weighted by Crippen LogP contribution is -2.42. The first-order valence-corrected chi connectivity index (χ1v) is 15.4. The van der Waals surface area contributed by atoms with Crippen molar-refractivity contribution in [1.29, 1.82) is 0 Å². The molecule has 0 heterocycles. The molecule has 0 aliphatic heterocycles. The van der Waals surface area contributed by atoms with Gasteiger partial charge in [0.1, 0.15) is 17.7 Å². The lowest BCUT2D eigenvalue weighted by atomic mass is 9.93. The van der Waals surface area contributed by atoms with E-state index < -0.39 is 29.6 Å². The van der Waals surface area contributed by atoms with E-state index in [0.717, 1.165) is 28.4 Å². The summed E-state index contributed by atoms with van der Waals surface area (Å²) in [5.41, 5.74) is 5.45. The van der Waals surface area contributed by atoms with Crippen LogP contribution in [0.4, 0.5) is 20.2 Å². The lowest BCUT2D eigenvalue weighted by Gasteiger charge is -2.26. The zero-order valence-electron chi connectivity index (χ0n) is 24.8. The van der Waals surface area contributed by atoms with E-state index >= 15 is 0 Å². The number of methoxy groups -OCH3 is 1. The first kappa shape index (κ1) is 32.2. The Morgan fingerprint density at radius 2 is 1.61 bits per heavy atom. The molecule has 1 amide bonds. The Hall–Kier alpha value is -4.68. The number of ether oxygens (including phenoxy) is 1. The molecule has 0 fully saturated rings. The third-order valence-electron chi connectivity index (χ3n) is 7.18. The zero-order valence-corrected chi connectivity index (χ0v) is 25.6. The van der Waals surface area contributed by atoms with Crippen molar-refractivity contribution in [3.63, 3.8) is 0 Å². The van der Waals surface area contributed by atoms with Gasteiger partial charge in [-0.25, -0.2) is 18.4 Å². The van der Waals surface area contributed by atoms with Crippen molar-refractivity contribution in [1.82, 2.24) is 5.32 Å². The van der Waals surface area contributed by atoms with E-state index in [4.69, 9.17) is 11.3 Å². The fourth-order valence-corrected chi connectivity index (χ4v) is 5.44. The maximum Gasteiger partial charge on any atom is 0.328 e. The fraction of sp³-hybridized carbons (Fsp3) is 0.229. The molecule has 0 saturated heterocycles. The molecule has 1 N–H and O–H groups in total. The number of benzene rings is 4. The van der Waals surface area contributed by atoms with Crippen LogP contribution in [0.25, 0.3) is 16.0 Å². The summed E-state index contributed by atoms with van der Waals surface area (Å²) in [6, 6.07) is 22.8. The number of nitrogens with one attached hydrogen (secondary N) is 1. The molecular weight excluding hydrogens is 580 g/mol. The number of hydrogen-bond donors (Lipinski definition) is 1. The SMILES string of the molecule is [C-]#[N+]c1ccc(N(Cc2cc(F)cc(F)c2)Cc2ccc(C(=O)N[C@@H](CCSC)C(=O)OC)c(-c3ccccc3C)c2)cc1. The van der Waals surface area contributed by atoms with Gasteiger partial charge in [-0.3, -0.25) is 4.79 Å². The van der Waals surface area contributed by atoms with Crippen LogP contribution in [0, 0.1) is 25.1 Å². The number of amides is 1. The summed E-state index contributed by atoms with van der Waals surface area (Å²) in [6.45, 7) is 9.79. The Kier molecular flexibility index (Phi) is 11.1. The molecule has 4 aromatic carbocycles. The smallest absolute Gasteiger partial charge is 0.328 e. The Morgan fingerprint density at radius 1 is 0.932 bits per heavy atom. The number of thioether (sulfide) groups is 1. The first-order valence-electron chi connectivity index (χ1n) is 14.0. The molecule has 4 rings (SSSR count). The fourth-order valence-electron chi connectivity index (χ4n) is 4.97. The van der Waals surface area contributed by atoms with E-state index in [1.807, 2.05) is 54.5 Å². The van der Waals surface area contributed by atoms with Crippen molar-refractivity contribution in [2.45, 2.75) is 32.5 Å². The van der Waals surface area contributed by atoms with E-state index in [9.17, 15) is 18.4 Å². The van der Waals surface area contributed by atoms with Crippen LogP contribution in [0.5, 0.6) is 0 Å². The summed E-state index contributed by atoms with van der Waals surface area (Å²) in [5.74, 6) is -1.55. The molecule has 1 atom stereocenters. The highest BCUT2D eigenvalue weighted by Crippen LogP contribution is 2.30. The molecular formula is C35H33F2N3O3S. The normalized spacial score (nSPS) is 11.4. The number of aryl methyl sites for hydroxylation is 1. The summed E-state index contributed by atoms with van der Waals surface area (Å²) < 4.78 is 33.1. The van der Waals surface area contributed by atoms with Crippen LogP contribution in [-0.2, 0) is 22.6 Å². The van der Waals surface area contributed by atoms with E-state index in [-0.39, 0.29) is 6.54 Å². The second-order valence-electron chi connectivity index (χ2n) is 10.3. The molecule has 4 aromatic rings. The number of carbonyl (C=O) groups is 2. The van der Waals surface area contributed by atoms with Crippen LogP contribution >= 0.6 is 11.8 Å². The summed E-state index contributed by atoms with van der Waals surface area (Å²) in [7, 11) is 1.30. The monoisotopic (exact) mass is 613 g/mol. The van der Waals surface area contributed by atoms with Crippen molar-refractivity contribution < 1.29 is 23.1 Å². The topological polar surface area (TPSA) is 63.0 Å². The highest BCUT2D eigenvalue weighted by atomic mass is 32.2. The maximum atomic E-state index is 14.1. The van der Waals surface area contributed by atoms with Gasteiger partial charge in [0.2, 0.25) is 0 Å². The summed E-state index contributed by atoms with van der Waals surface area (Å²) >= 11 is 1.57. The van der Waals surface area contributed by atoms with Gasteiger partial charge in [-0.2, -0.15) is 11.8 Å². The Balaban J connectivity index is 1.74. The van der Waals surface area contributed by atoms with Crippen LogP contribution in [0.15, 0.2) is 84.9 Å². The minimum absolute atomic E-state index is 0.199. The predicted molar refractivity (Wildman–Crippen MR) is 172 cm³/mol. The second-order valence-corrected chi connectivity index (χ2v) is 11.3. The van der Waals surface area contributed by atoms with Gasteiger partial charge in [0.15, 0.2) is 5.69 Å². The van der Waals surface area contributed by atoms with Crippen molar-refractivity contribution in [2.75, 3.05) is 24.0 Å². The Bertz CT molecular complexity index is 1650. The van der Waals surface area contributed by atoms with E-state index in [2.05, 4.69) is 10.2 Å². The highest BCUT2D eigenvalue weighted by Gasteiger charge is 2.24. The molecule has 0 aliphatic carbocycles. The van der Waals surface area contributed by atoms with Crippen LogP contribution in [0.3, 0.4) is 0 Å². The second kappa shape index (κ2) is 15.2. The van der Waals surface area contributed by atoms with E-state index in [1.54, 1.807) is 42.1 Å². The van der Waals surface area contributed by atoms with E-state index in [0.29, 0.717) is 41.1 Å². The maximum absolute atomic E-state index is 14.1. The number of esters is 1. The first-order chi connectivity index (χ1) is 21.2. The Morgan fingerprint density at radius 3 is 2.25 bits per heavy atom. The molecule has 0 spiro atoms. The standard InChI is InChI=1S/C35H33F2N3O3S/c1-23-7-5-6-8-30(23)32-19-24(9-14-31(32)34(41)39-33(15-16-44-4)35(42)43-3)21-40(29-12-10-28(38-2)11-13-29)22-25-17-26(36)20-27(37)18-25/h5-14,17-20,33H,15-16,21-22H2,1,3-4H3,(H,39,41)/t33-/m0/s1. The van der Waals surface area contributed by atoms with Crippen molar-refractivity contribution in [3.8, 4) is 11.1 Å². The molecule has 0 bridgehead atoms. The van der Waals surface area contributed by atoms with Crippen LogP contribution in [0.1, 0.15) is 33.5 Å². The highest BCUT2D eigenvalue weighted by molar-refractivity contribution is 7.98. The van der Waals surface area contributed by atoms with Crippen LogP contribution < -0.4 is 10.2 Å². The molecule has 0 aliphatic rings. The molecule has 9 heteroatoms. The molecule has 226 valence electrons. The van der Waals surface area contributed by atoms with Gasteiger partial charge in [0.05, 0.1) is 13.7 Å². The van der Waals surface area contributed by atoms with Crippen molar-refractivity contribution in [3.05, 3.63) is 130 Å². The zero-order chi connectivity index (χ0) is 31.6. The molecule has 0 unspecified atom stereocenters. The van der Waals surface area contributed by atoms with E-state index in [1.165, 1.54) is 19.2 Å². The summed E-state index contributed by atoms with van der Waals surface area (Å²) in [4.78, 5) is 31.5. The van der Waals surface area contributed by atoms with Gasteiger partial charge >= 0.3 is 5.97 Å². The number of anilines is 1. The number of carbonyl (C=O) groups excluding carboxylic acids is 2. The number of rotatable bonds is 12. The van der Waals surface area contributed by atoms with Gasteiger partial charge in [-0.05, 0) is 89.6 Å². The lowest BCUT2D eigenvalue weighted by molar-refractivity contribution is -0.142. The Labute approximate surface area is 260 Å². The average molecular weight is 614 g/mol. The van der Waals surface area contributed by atoms with Crippen LogP contribution in [0.2, 0.25) is 0 Å². The largest absolute Gasteiger partial charge is 0.467 e. The minimum atomic E-state index is -0.787. The number of halogens is 2. The third-order valence-corrected chi connectivity index (χ3v) is 7.82. The quantitative estimate of drug-likeness (QED) is 0.131. The van der Waals surface area contributed by atoms with Gasteiger partial charge in [-0.15, -0.1) is 0 Å². The number of hydrogen-bond acceptors (Lipinski definition) is 5. The predicted octanol–water partition coefficient (Wildman–Crippen LogP) is 7.72. The molecule has 6 nitrogen and oxygen atoms in total. The number of nitrogens with zero attached hydrogens (tertiary/aromatic N) is 2. The van der Waals surface area contributed by atoms with Gasteiger partial charge in [0.25, 0.3) is 5.91 Å². The van der Waals surface area contributed by atoms with Gasteiger partial charge < -0.3 is 15.0 Å². The average Bonchev–Trinajstić information content (AvgIpc) is 3.02.